The molecule has 0 aromatic rings. The van der Waals surface area contributed by atoms with E-state index in [2.05, 4.69) is 107 Å². The fraction of sp³-hybridized carbons (Fsp3) is 0.310. The van der Waals surface area contributed by atoms with Gasteiger partial charge in [-0.05, 0) is 85.5 Å². The monoisotopic (exact) mass is 382 g/mol. The fourth-order valence-electron chi connectivity index (χ4n) is 4.93. The Morgan fingerprint density at radius 3 is 2.66 bits per heavy atom. The molecule has 0 aromatic heterocycles. The van der Waals surface area contributed by atoms with Crippen LogP contribution in [-0.4, -0.2) is 0 Å². The van der Waals surface area contributed by atoms with E-state index in [1.165, 1.54) is 33.4 Å². The van der Waals surface area contributed by atoms with Gasteiger partial charge in [-0.2, -0.15) is 0 Å². The molecule has 1 atom stereocenters. The molecule has 0 heteroatoms. The van der Waals surface area contributed by atoms with Gasteiger partial charge in [-0.25, -0.2) is 0 Å². The summed E-state index contributed by atoms with van der Waals surface area (Å²) < 4.78 is 0. The summed E-state index contributed by atoms with van der Waals surface area (Å²) in [6.45, 7) is 13.2. The summed E-state index contributed by atoms with van der Waals surface area (Å²) in [4.78, 5) is 0. The number of fused-ring (bicyclic) bond motifs is 2. The zero-order valence-electron chi connectivity index (χ0n) is 18.5. The van der Waals surface area contributed by atoms with Gasteiger partial charge >= 0.3 is 0 Å². The maximum Gasteiger partial charge on any atom is 0.0497 e. The molecule has 3 rings (SSSR count). The number of hydrogen-bond acceptors (Lipinski definition) is 0. The highest BCUT2D eigenvalue weighted by atomic mass is 14.5. The molecule has 0 saturated carbocycles. The molecule has 1 unspecified atom stereocenters. The minimum atomic E-state index is -0.172. The molecule has 0 nitrogen and oxygen atoms in total. The Morgan fingerprint density at radius 2 is 1.93 bits per heavy atom. The highest BCUT2D eigenvalue weighted by Crippen LogP contribution is 2.60. The Morgan fingerprint density at radius 1 is 1.14 bits per heavy atom. The summed E-state index contributed by atoms with van der Waals surface area (Å²) in [5.41, 5.74) is 9.28. The highest BCUT2D eigenvalue weighted by molar-refractivity contribution is 5.73. The van der Waals surface area contributed by atoms with Gasteiger partial charge < -0.3 is 0 Å². The third-order valence-electron chi connectivity index (χ3n) is 6.21. The quantitative estimate of drug-likeness (QED) is 0.459. The minimum Gasteiger partial charge on any atom is -0.0912 e. The second-order valence-corrected chi connectivity index (χ2v) is 7.89. The summed E-state index contributed by atoms with van der Waals surface area (Å²) in [6, 6.07) is 0. The van der Waals surface area contributed by atoms with Crippen LogP contribution in [0.15, 0.2) is 119 Å². The van der Waals surface area contributed by atoms with Crippen molar-refractivity contribution in [3.05, 3.63) is 119 Å². The van der Waals surface area contributed by atoms with Crippen molar-refractivity contribution in [3.63, 3.8) is 0 Å². The summed E-state index contributed by atoms with van der Waals surface area (Å²) in [6.07, 6.45) is 31.5. The Kier molecular flexibility index (Phi) is 6.75. The average Bonchev–Trinajstić information content (AvgIpc) is 3.00. The number of rotatable bonds is 3. The predicted octanol–water partition coefficient (Wildman–Crippen LogP) is 8.44. The molecule has 150 valence electrons. The first-order chi connectivity index (χ1) is 14.1. The van der Waals surface area contributed by atoms with Crippen LogP contribution >= 0.6 is 0 Å². The Hall–Kier alpha value is -2.60. The largest absolute Gasteiger partial charge is 0.0912 e. The lowest BCUT2D eigenvalue weighted by Crippen LogP contribution is -2.27. The van der Waals surface area contributed by atoms with Crippen molar-refractivity contribution < 1.29 is 0 Å². The first-order valence-electron chi connectivity index (χ1n) is 10.9. The molecule has 0 N–H and O–H groups in total. The van der Waals surface area contributed by atoms with Crippen molar-refractivity contribution >= 4 is 0 Å². The minimum absolute atomic E-state index is 0.172. The molecule has 0 heterocycles. The summed E-state index contributed by atoms with van der Waals surface area (Å²) in [5.74, 6) is 0. The molecule has 3 aliphatic rings. The Labute approximate surface area is 177 Å². The zero-order valence-corrected chi connectivity index (χ0v) is 18.5. The second kappa shape index (κ2) is 9.27. The van der Waals surface area contributed by atoms with Crippen LogP contribution in [0.4, 0.5) is 0 Å². The Bertz CT molecular complexity index is 944. The van der Waals surface area contributed by atoms with Crippen molar-refractivity contribution in [1.82, 2.24) is 0 Å². The van der Waals surface area contributed by atoms with Crippen LogP contribution < -0.4 is 0 Å². The van der Waals surface area contributed by atoms with E-state index in [0.29, 0.717) is 0 Å². The van der Waals surface area contributed by atoms with Gasteiger partial charge in [0.15, 0.2) is 0 Å². The molecule has 0 aromatic carbocycles. The third kappa shape index (κ3) is 3.69. The van der Waals surface area contributed by atoms with Crippen molar-refractivity contribution in [2.24, 2.45) is 5.41 Å². The van der Waals surface area contributed by atoms with Gasteiger partial charge in [0.05, 0.1) is 0 Å². The first-order valence-corrected chi connectivity index (χ1v) is 10.9. The van der Waals surface area contributed by atoms with E-state index in [9.17, 15) is 0 Å². The molecule has 3 aliphatic carbocycles. The maximum absolute atomic E-state index is 4.42. The normalized spacial score (nSPS) is 30.0. The molecule has 0 amide bonds. The SMILES string of the molecule is C=C1/C=C\C=C/CC2(C3=CCCC=C13)C(/C=C\CC)=C(C)C(=C/C)/C2=C\C=C/C. The Balaban J connectivity index is 2.39. The van der Waals surface area contributed by atoms with E-state index in [0.717, 1.165) is 31.3 Å². The lowest BCUT2D eigenvalue weighted by Gasteiger charge is -2.38. The van der Waals surface area contributed by atoms with Crippen molar-refractivity contribution in [3.8, 4) is 0 Å². The van der Waals surface area contributed by atoms with E-state index in [1.807, 2.05) is 0 Å². The molecule has 1 spiro atoms. The smallest absolute Gasteiger partial charge is 0.0497 e. The standard InChI is InChI=1S/C29H34/c1-6-9-18-26-23(5)24(8-3)27(19-10-7-2)29(26)21-15-11-12-16-22(4)25-17-13-14-20-28(25)29/h7-12,15-20H,4,6,13-14,21H2,1-3,5H3/b10-7-,15-11-,16-12-,18-9-,24-8-,27-19+. The lowest BCUT2D eigenvalue weighted by atomic mass is 9.64. The summed E-state index contributed by atoms with van der Waals surface area (Å²) in [5, 5.41) is 0. The van der Waals surface area contributed by atoms with Crippen LogP contribution in [-0.2, 0) is 0 Å². The highest BCUT2D eigenvalue weighted by Gasteiger charge is 2.47. The predicted molar refractivity (Wildman–Crippen MR) is 129 cm³/mol. The lowest BCUT2D eigenvalue weighted by molar-refractivity contribution is 0.555. The van der Waals surface area contributed by atoms with E-state index >= 15 is 0 Å². The van der Waals surface area contributed by atoms with Crippen molar-refractivity contribution in [2.75, 3.05) is 0 Å². The van der Waals surface area contributed by atoms with Crippen LogP contribution in [0.2, 0.25) is 0 Å². The molecule has 0 fully saturated rings. The second-order valence-electron chi connectivity index (χ2n) is 7.89. The number of allylic oxidation sites excluding steroid dienone is 19. The molecule has 0 bridgehead atoms. The van der Waals surface area contributed by atoms with E-state index < -0.39 is 0 Å². The third-order valence-corrected chi connectivity index (χ3v) is 6.21. The van der Waals surface area contributed by atoms with Crippen LogP contribution in [0.3, 0.4) is 0 Å². The van der Waals surface area contributed by atoms with E-state index in [4.69, 9.17) is 0 Å². The molecule has 0 aliphatic heterocycles. The summed E-state index contributed by atoms with van der Waals surface area (Å²) >= 11 is 0. The van der Waals surface area contributed by atoms with Gasteiger partial charge in [0.2, 0.25) is 0 Å². The van der Waals surface area contributed by atoms with E-state index in [1.54, 1.807) is 0 Å². The molecular weight excluding hydrogens is 348 g/mol. The fourth-order valence-corrected chi connectivity index (χ4v) is 4.93. The van der Waals surface area contributed by atoms with Gasteiger partial charge in [-0.1, -0.05) is 86.4 Å². The zero-order chi connectivity index (χ0) is 20.9. The summed E-state index contributed by atoms with van der Waals surface area (Å²) in [7, 11) is 0. The molecule has 29 heavy (non-hydrogen) atoms. The molecule has 0 radical (unpaired) electrons. The maximum atomic E-state index is 4.42. The number of hydrogen-bond donors (Lipinski definition) is 0. The van der Waals surface area contributed by atoms with Crippen LogP contribution in [0.5, 0.6) is 0 Å². The first kappa shape index (κ1) is 21.1. The van der Waals surface area contributed by atoms with Crippen molar-refractivity contribution in [1.29, 1.82) is 0 Å². The van der Waals surface area contributed by atoms with Gasteiger partial charge in [-0.3, -0.25) is 0 Å². The van der Waals surface area contributed by atoms with Gasteiger partial charge in [0.25, 0.3) is 0 Å². The van der Waals surface area contributed by atoms with Gasteiger partial charge in [0.1, 0.15) is 0 Å². The topological polar surface area (TPSA) is 0 Å². The van der Waals surface area contributed by atoms with Gasteiger partial charge in [-0.15, -0.1) is 0 Å². The average molecular weight is 383 g/mol. The van der Waals surface area contributed by atoms with E-state index in [-0.39, 0.29) is 5.41 Å². The van der Waals surface area contributed by atoms with Crippen LogP contribution in [0.1, 0.15) is 53.4 Å². The van der Waals surface area contributed by atoms with Crippen molar-refractivity contribution in [2.45, 2.75) is 53.4 Å². The van der Waals surface area contributed by atoms with Gasteiger partial charge in [0, 0.05) is 5.41 Å². The van der Waals surface area contributed by atoms with Crippen LogP contribution in [0.25, 0.3) is 0 Å². The van der Waals surface area contributed by atoms with Crippen LogP contribution in [0, 0.1) is 5.41 Å². The molecule has 0 saturated heterocycles. The molecular formula is C29H34.